The Labute approximate surface area is 122 Å². The first kappa shape index (κ1) is 18.5. The van der Waals surface area contributed by atoms with Crippen LogP contribution in [0.3, 0.4) is 0 Å². The minimum absolute atomic E-state index is 0.223. The lowest BCUT2D eigenvalue weighted by molar-refractivity contribution is -0.147. The van der Waals surface area contributed by atoms with E-state index in [9.17, 15) is 9.59 Å². The van der Waals surface area contributed by atoms with Gasteiger partial charge in [0.25, 0.3) is 0 Å². The molecule has 0 heterocycles. The molecular weight excluding hydrogens is 256 g/mol. The van der Waals surface area contributed by atoms with Gasteiger partial charge in [0, 0.05) is 12.8 Å². The number of rotatable bonds is 9. The van der Waals surface area contributed by atoms with E-state index in [1.807, 2.05) is 13.8 Å². The summed E-state index contributed by atoms with van der Waals surface area (Å²) in [5, 5.41) is 0. The molecule has 0 aliphatic heterocycles. The van der Waals surface area contributed by atoms with Crippen LogP contribution in [0.1, 0.15) is 59.8 Å². The van der Waals surface area contributed by atoms with Crippen LogP contribution in [0, 0.1) is 17.8 Å². The minimum atomic E-state index is -0.343. The first-order valence-electron chi connectivity index (χ1n) is 7.30. The van der Waals surface area contributed by atoms with Crippen LogP contribution in [-0.4, -0.2) is 24.6 Å². The van der Waals surface area contributed by atoms with Crippen LogP contribution in [-0.2, 0) is 19.1 Å². The van der Waals surface area contributed by atoms with Gasteiger partial charge >= 0.3 is 11.9 Å². The molecule has 0 amide bonds. The fraction of sp³-hybridized carbons (Fsp3) is 0.750. The molecule has 0 fully saturated rings. The molecule has 0 aliphatic rings. The normalized spacial score (nSPS) is 12.8. The summed E-state index contributed by atoms with van der Waals surface area (Å²) in [7, 11) is 0. The quantitative estimate of drug-likeness (QED) is 0.481. The predicted molar refractivity (Wildman–Crippen MR) is 77.9 cm³/mol. The first-order valence-corrected chi connectivity index (χ1v) is 7.30. The van der Waals surface area contributed by atoms with Gasteiger partial charge in [0.1, 0.15) is 0 Å². The average molecular weight is 282 g/mol. The Morgan fingerprint density at radius 1 is 1.10 bits per heavy atom. The molecule has 0 aromatic carbocycles. The van der Waals surface area contributed by atoms with Crippen molar-refractivity contribution < 1.29 is 19.1 Å². The fourth-order valence-electron chi connectivity index (χ4n) is 1.40. The van der Waals surface area contributed by atoms with Crippen molar-refractivity contribution in [1.29, 1.82) is 0 Å². The summed E-state index contributed by atoms with van der Waals surface area (Å²) in [5.41, 5.74) is 0. The van der Waals surface area contributed by atoms with E-state index in [0.29, 0.717) is 25.4 Å². The number of esters is 2. The SMILES string of the molecule is CC#CC(CC)OC(=O)CCCC(=O)OCC(C)CC. The molecular formula is C16H26O4. The van der Waals surface area contributed by atoms with Gasteiger partial charge in [-0.05, 0) is 25.7 Å². The molecule has 0 N–H and O–H groups in total. The minimum Gasteiger partial charge on any atom is -0.465 e. The zero-order chi connectivity index (χ0) is 15.4. The lowest BCUT2D eigenvalue weighted by atomic mass is 10.1. The molecule has 20 heavy (non-hydrogen) atoms. The van der Waals surface area contributed by atoms with Crippen LogP contribution in [0.5, 0.6) is 0 Å². The topological polar surface area (TPSA) is 52.6 Å². The summed E-state index contributed by atoms with van der Waals surface area (Å²) in [4.78, 5) is 23.0. The molecule has 0 saturated heterocycles. The highest BCUT2D eigenvalue weighted by Gasteiger charge is 2.11. The van der Waals surface area contributed by atoms with Crippen LogP contribution >= 0.6 is 0 Å². The molecule has 0 radical (unpaired) electrons. The molecule has 0 spiro atoms. The molecule has 0 aromatic rings. The second kappa shape index (κ2) is 11.3. The van der Waals surface area contributed by atoms with Gasteiger partial charge in [-0.3, -0.25) is 9.59 Å². The van der Waals surface area contributed by atoms with E-state index in [1.54, 1.807) is 6.92 Å². The van der Waals surface area contributed by atoms with Crippen LogP contribution in [0.4, 0.5) is 0 Å². The van der Waals surface area contributed by atoms with E-state index in [0.717, 1.165) is 6.42 Å². The van der Waals surface area contributed by atoms with Gasteiger partial charge in [0.2, 0.25) is 0 Å². The largest absolute Gasteiger partial charge is 0.465 e. The van der Waals surface area contributed by atoms with Crippen LogP contribution in [0.2, 0.25) is 0 Å². The molecule has 4 heteroatoms. The molecule has 0 aliphatic carbocycles. The second-order valence-corrected chi connectivity index (χ2v) is 4.83. The molecule has 0 aromatic heterocycles. The average Bonchev–Trinajstić information content (AvgIpc) is 2.44. The highest BCUT2D eigenvalue weighted by molar-refractivity contribution is 5.72. The lowest BCUT2D eigenvalue weighted by Crippen LogP contribution is -2.16. The third-order valence-electron chi connectivity index (χ3n) is 2.94. The summed E-state index contributed by atoms with van der Waals surface area (Å²) in [6, 6.07) is 0. The molecule has 2 unspecified atom stereocenters. The lowest BCUT2D eigenvalue weighted by Gasteiger charge is -2.11. The van der Waals surface area contributed by atoms with Gasteiger partial charge in [-0.25, -0.2) is 0 Å². The predicted octanol–water partition coefficient (Wildman–Crippen LogP) is 3.09. The molecule has 4 nitrogen and oxygen atoms in total. The Morgan fingerprint density at radius 2 is 1.75 bits per heavy atom. The van der Waals surface area contributed by atoms with Crippen molar-refractivity contribution in [3.63, 3.8) is 0 Å². The van der Waals surface area contributed by atoms with Gasteiger partial charge < -0.3 is 9.47 Å². The smallest absolute Gasteiger partial charge is 0.307 e. The van der Waals surface area contributed by atoms with Crippen LogP contribution in [0.25, 0.3) is 0 Å². The van der Waals surface area contributed by atoms with E-state index >= 15 is 0 Å². The first-order chi connectivity index (χ1) is 9.53. The van der Waals surface area contributed by atoms with E-state index in [1.165, 1.54) is 0 Å². The van der Waals surface area contributed by atoms with E-state index in [4.69, 9.17) is 9.47 Å². The summed E-state index contributed by atoms with van der Waals surface area (Å²) in [5.74, 6) is 5.36. The van der Waals surface area contributed by atoms with E-state index < -0.39 is 0 Å². The number of hydrogen-bond donors (Lipinski definition) is 0. The van der Waals surface area contributed by atoms with Gasteiger partial charge in [-0.1, -0.05) is 33.1 Å². The number of ether oxygens (including phenoxy) is 2. The molecule has 2 atom stereocenters. The monoisotopic (exact) mass is 282 g/mol. The second-order valence-electron chi connectivity index (χ2n) is 4.83. The molecule has 0 rings (SSSR count). The van der Waals surface area contributed by atoms with Crippen molar-refractivity contribution in [2.45, 2.75) is 65.9 Å². The third-order valence-corrected chi connectivity index (χ3v) is 2.94. The summed E-state index contributed by atoms with van der Waals surface area (Å²) in [6.45, 7) is 8.16. The van der Waals surface area contributed by atoms with Gasteiger partial charge in [0.05, 0.1) is 6.61 Å². The van der Waals surface area contributed by atoms with Crippen molar-refractivity contribution in [2.75, 3.05) is 6.61 Å². The Hall–Kier alpha value is -1.50. The van der Waals surface area contributed by atoms with Crippen LogP contribution < -0.4 is 0 Å². The summed E-state index contributed by atoms with van der Waals surface area (Å²) in [6.07, 6.45) is 2.24. The van der Waals surface area contributed by atoms with E-state index in [2.05, 4.69) is 18.8 Å². The van der Waals surface area contributed by atoms with Gasteiger partial charge in [-0.15, -0.1) is 5.92 Å². The number of hydrogen-bond acceptors (Lipinski definition) is 4. The Kier molecular flexibility index (Phi) is 10.5. The van der Waals surface area contributed by atoms with Gasteiger partial charge in [-0.2, -0.15) is 0 Å². The third kappa shape index (κ3) is 9.43. The van der Waals surface area contributed by atoms with Crippen molar-refractivity contribution >= 4 is 11.9 Å². The standard InChI is InChI=1S/C16H26O4/c1-5-9-14(7-3)20-16(18)11-8-10-15(17)19-12-13(4)6-2/h13-14H,6-8,10-12H2,1-4H3. The fourth-order valence-corrected chi connectivity index (χ4v) is 1.40. The maximum Gasteiger partial charge on any atom is 0.307 e. The Bertz CT molecular complexity index is 351. The Morgan fingerprint density at radius 3 is 2.30 bits per heavy atom. The molecule has 0 saturated carbocycles. The zero-order valence-corrected chi connectivity index (χ0v) is 13.0. The Balaban J connectivity index is 3.79. The highest BCUT2D eigenvalue weighted by Crippen LogP contribution is 2.06. The van der Waals surface area contributed by atoms with Crippen molar-refractivity contribution in [3.05, 3.63) is 0 Å². The summed E-state index contributed by atoms with van der Waals surface area (Å²) < 4.78 is 10.3. The summed E-state index contributed by atoms with van der Waals surface area (Å²) >= 11 is 0. The number of carbonyl (C=O) groups excluding carboxylic acids is 2. The van der Waals surface area contributed by atoms with Crippen molar-refractivity contribution in [3.8, 4) is 11.8 Å². The molecule has 0 bridgehead atoms. The van der Waals surface area contributed by atoms with Gasteiger partial charge in [0.15, 0.2) is 6.10 Å². The van der Waals surface area contributed by atoms with Crippen LogP contribution in [0.15, 0.2) is 0 Å². The number of carbonyl (C=O) groups is 2. The molecule has 114 valence electrons. The zero-order valence-electron chi connectivity index (χ0n) is 13.0. The maximum atomic E-state index is 11.5. The maximum absolute atomic E-state index is 11.5. The van der Waals surface area contributed by atoms with E-state index in [-0.39, 0.29) is 30.9 Å². The van der Waals surface area contributed by atoms with Crippen molar-refractivity contribution in [1.82, 2.24) is 0 Å². The van der Waals surface area contributed by atoms with Crippen molar-refractivity contribution in [2.24, 2.45) is 5.92 Å². The highest BCUT2D eigenvalue weighted by atomic mass is 16.5.